The lowest BCUT2D eigenvalue weighted by Gasteiger charge is -1.86. The Morgan fingerprint density at radius 1 is 1.42 bits per heavy atom. The average molecular weight is 159 g/mol. The molecule has 0 spiro atoms. The molecule has 12 heavy (non-hydrogen) atoms. The van der Waals surface area contributed by atoms with Crippen LogP contribution in [0.5, 0.6) is 0 Å². The van der Waals surface area contributed by atoms with Crippen LogP contribution in [-0.4, -0.2) is 9.66 Å². The number of hydrogen-bond donors (Lipinski definition) is 0. The molecule has 0 aliphatic carbocycles. The van der Waals surface area contributed by atoms with E-state index >= 15 is 0 Å². The normalized spacial score (nSPS) is 9.67. The fourth-order valence-corrected chi connectivity index (χ4v) is 1.06. The molecule has 0 aliphatic rings. The Bertz CT molecular complexity index is 452. The summed E-state index contributed by atoms with van der Waals surface area (Å²) in [5.74, 6) is 0. The minimum absolute atomic E-state index is 0.815. The van der Waals surface area contributed by atoms with E-state index in [1.54, 1.807) is 0 Å². The standard InChI is InChI=1S/C7H5N5/c8-10-11-12-5-9-6-3-1-2-4-7(6)12/h1-5H. The minimum atomic E-state index is 0.815. The third kappa shape index (κ3) is 0.889. The molecule has 0 aliphatic heterocycles. The van der Waals surface area contributed by atoms with E-state index in [4.69, 9.17) is 5.53 Å². The van der Waals surface area contributed by atoms with E-state index in [2.05, 4.69) is 15.1 Å². The number of benzene rings is 1. The van der Waals surface area contributed by atoms with Crippen molar-refractivity contribution in [1.29, 1.82) is 0 Å². The molecule has 5 nitrogen and oxygen atoms in total. The maximum atomic E-state index is 8.21. The molecule has 1 aromatic heterocycles. The molecule has 0 N–H and O–H groups in total. The number of imidazole rings is 1. The number of nitrogens with zero attached hydrogens (tertiary/aromatic N) is 5. The van der Waals surface area contributed by atoms with Gasteiger partial charge in [0.2, 0.25) is 0 Å². The van der Waals surface area contributed by atoms with Crippen molar-refractivity contribution < 1.29 is 0 Å². The Labute approximate surface area is 67.9 Å². The highest BCUT2D eigenvalue weighted by Gasteiger charge is 2.01. The van der Waals surface area contributed by atoms with Crippen LogP contribution in [0.25, 0.3) is 21.5 Å². The van der Waals surface area contributed by atoms with Crippen molar-refractivity contribution in [2.75, 3.05) is 0 Å². The zero-order valence-electron chi connectivity index (χ0n) is 6.12. The van der Waals surface area contributed by atoms with Crippen LogP contribution >= 0.6 is 0 Å². The van der Waals surface area contributed by atoms with Gasteiger partial charge >= 0.3 is 0 Å². The summed E-state index contributed by atoms with van der Waals surface area (Å²) in [5, 5.41) is 3.43. The Balaban J connectivity index is 2.78. The minimum Gasteiger partial charge on any atom is -0.212 e. The van der Waals surface area contributed by atoms with E-state index in [0.29, 0.717) is 0 Å². The molecule has 2 aromatic rings. The molecule has 0 atom stereocenters. The second kappa shape index (κ2) is 2.56. The van der Waals surface area contributed by atoms with Gasteiger partial charge in [0.1, 0.15) is 5.52 Å². The van der Waals surface area contributed by atoms with Crippen LogP contribution in [-0.2, 0) is 0 Å². The van der Waals surface area contributed by atoms with Crippen molar-refractivity contribution in [3.63, 3.8) is 0 Å². The third-order valence-corrected chi connectivity index (χ3v) is 1.57. The molecule has 5 heteroatoms. The van der Waals surface area contributed by atoms with Gasteiger partial charge in [-0.1, -0.05) is 12.1 Å². The van der Waals surface area contributed by atoms with E-state index in [-0.39, 0.29) is 0 Å². The number of hydrogen-bond acceptors (Lipinski definition) is 2. The largest absolute Gasteiger partial charge is 0.212 e. The molecular formula is C7H5N5. The van der Waals surface area contributed by atoms with Gasteiger partial charge in [0.15, 0.2) is 11.8 Å². The first-order chi connectivity index (χ1) is 5.92. The van der Waals surface area contributed by atoms with Gasteiger partial charge in [0.25, 0.3) is 0 Å². The van der Waals surface area contributed by atoms with Crippen LogP contribution in [0, 0.1) is 0 Å². The maximum Gasteiger partial charge on any atom is 0.192 e. The molecule has 0 bridgehead atoms. The highest BCUT2D eigenvalue weighted by Crippen LogP contribution is 2.10. The predicted molar refractivity (Wildman–Crippen MR) is 44.3 cm³/mol. The van der Waals surface area contributed by atoms with Gasteiger partial charge in [-0.2, -0.15) is 9.59 Å². The van der Waals surface area contributed by atoms with Crippen molar-refractivity contribution in [2.45, 2.75) is 0 Å². The van der Waals surface area contributed by atoms with E-state index in [0.717, 1.165) is 11.0 Å². The predicted octanol–water partition coefficient (Wildman–Crippen LogP) is 2.11. The lowest BCUT2D eigenvalue weighted by Crippen LogP contribution is -1.80. The molecular weight excluding hydrogens is 154 g/mol. The van der Waals surface area contributed by atoms with Crippen molar-refractivity contribution in [3.8, 4) is 0 Å². The molecule has 0 fully saturated rings. The second-order valence-corrected chi connectivity index (χ2v) is 2.26. The first-order valence-corrected chi connectivity index (χ1v) is 3.39. The summed E-state index contributed by atoms with van der Waals surface area (Å²) in [5.41, 5.74) is 9.85. The van der Waals surface area contributed by atoms with Crippen molar-refractivity contribution >= 4 is 11.0 Å². The summed E-state index contributed by atoms with van der Waals surface area (Å²) in [4.78, 5) is 6.71. The van der Waals surface area contributed by atoms with Crippen LogP contribution in [0.4, 0.5) is 0 Å². The highest BCUT2D eigenvalue weighted by molar-refractivity contribution is 5.74. The first-order valence-electron chi connectivity index (χ1n) is 3.39. The van der Waals surface area contributed by atoms with E-state index in [9.17, 15) is 0 Å². The number of rotatable bonds is 1. The summed E-state index contributed by atoms with van der Waals surface area (Å²) in [6, 6.07) is 7.46. The Hall–Kier alpha value is -2.00. The van der Waals surface area contributed by atoms with Gasteiger partial charge in [-0.05, 0) is 17.4 Å². The highest BCUT2D eigenvalue weighted by atomic mass is 15.5. The fourth-order valence-electron chi connectivity index (χ4n) is 1.06. The lowest BCUT2D eigenvalue weighted by atomic mass is 10.3. The second-order valence-electron chi connectivity index (χ2n) is 2.26. The Kier molecular flexibility index (Phi) is 1.43. The van der Waals surface area contributed by atoms with Crippen molar-refractivity contribution in [2.24, 2.45) is 5.22 Å². The lowest BCUT2D eigenvalue weighted by molar-refractivity contribution is 0.891. The summed E-state index contributed by atoms with van der Waals surface area (Å²) in [7, 11) is 0. The van der Waals surface area contributed by atoms with Gasteiger partial charge in [0, 0.05) is 0 Å². The quantitative estimate of drug-likeness (QED) is 0.357. The SMILES string of the molecule is [N-]=[N+]=Nn1cnc2ccccc21. The Morgan fingerprint density at radius 3 is 3.08 bits per heavy atom. The summed E-state index contributed by atoms with van der Waals surface area (Å²) < 4.78 is 1.40. The van der Waals surface area contributed by atoms with E-state index < -0.39 is 0 Å². The van der Waals surface area contributed by atoms with Gasteiger partial charge in [-0.25, -0.2) is 4.98 Å². The summed E-state index contributed by atoms with van der Waals surface area (Å²) in [6.45, 7) is 0. The number of azide groups is 1. The maximum absolute atomic E-state index is 8.21. The zero-order chi connectivity index (χ0) is 8.39. The molecule has 0 unspecified atom stereocenters. The van der Waals surface area contributed by atoms with E-state index in [1.807, 2.05) is 24.3 Å². The monoisotopic (exact) mass is 159 g/mol. The average Bonchev–Trinajstić information content (AvgIpc) is 2.50. The van der Waals surface area contributed by atoms with E-state index in [1.165, 1.54) is 11.0 Å². The fraction of sp³-hybridized carbons (Fsp3) is 0. The van der Waals surface area contributed by atoms with Crippen LogP contribution in [0.15, 0.2) is 35.8 Å². The number of para-hydroxylation sites is 2. The number of aromatic nitrogens is 2. The topological polar surface area (TPSA) is 66.6 Å². The Morgan fingerprint density at radius 2 is 2.25 bits per heavy atom. The molecule has 0 radical (unpaired) electrons. The molecule has 58 valence electrons. The van der Waals surface area contributed by atoms with Gasteiger partial charge in [-0.3, -0.25) is 0 Å². The van der Waals surface area contributed by atoms with Gasteiger partial charge < -0.3 is 0 Å². The van der Waals surface area contributed by atoms with Crippen molar-refractivity contribution in [1.82, 2.24) is 9.66 Å². The van der Waals surface area contributed by atoms with Crippen molar-refractivity contribution in [3.05, 3.63) is 41.0 Å². The molecule has 0 amide bonds. The van der Waals surface area contributed by atoms with Crippen LogP contribution in [0.2, 0.25) is 0 Å². The van der Waals surface area contributed by atoms with Crippen LogP contribution < -0.4 is 0 Å². The molecule has 1 aromatic carbocycles. The zero-order valence-corrected chi connectivity index (χ0v) is 6.12. The molecule has 2 rings (SSSR count). The molecule has 0 saturated carbocycles. The third-order valence-electron chi connectivity index (χ3n) is 1.57. The molecule has 1 heterocycles. The van der Waals surface area contributed by atoms with Crippen LogP contribution in [0.1, 0.15) is 0 Å². The van der Waals surface area contributed by atoms with Gasteiger partial charge in [-0.15, -0.1) is 5.53 Å². The first kappa shape index (κ1) is 6.69. The summed E-state index contributed by atoms with van der Waals surface area (Å²) in [6.07, 6.45) is 1.49. The van der Waals surface area contributed by atoms with Gasteiger partial charge in [0.05, 0.1) is 0 Å². The molecule has 0 saturated heterocycles. The smallest absolute Gasteiger partial charge is 0.192 e. The number of fused-ring (bicyclic) bond motifs is 1. The van der Waals surface area contributed by atoms with Crippen LogP contribution in [0.3, 0.4) is 0 Å². The summed E-state index contributed by atoms with van der Waals surface area (Å²) >= 11 is 0.